The first kappa shape index (κ1) is 11.0. The summed E-state index contributed by atoms with van der Waals surface area (Å²) in [6.45, 7) is 3.44. The van der Waals surface area contributed by atoms with Gasteiger partial charge in [-0.2, -0.15) is 0 Å². The van der Waals surface area contributed by atoms with Gasteiger partial charge in [0.05, 0.1) is 12.6 Å². The van der Waals surface area contributed by atoms with Crippen LogP contribution in [0.1, 0.15) is 12.5 Å². The molecule has 0 aliphatic rings. The maximum absolute atomic E-state index is 8.78. The molecule has 1 aromatic carbocycles. The molecule has 16 heavy (non-hydrogen) atoms. The Labute approximate surface area is 94.4 Å². The van der Waals surface area contributed by atoms with Gasteiger partial charge in [-0.25, -0.2) is 5.48 Å². The minimum atomic E-state index is 0.454. The first-order chi connectivity index (χ1) is 7.80. The number of hydroxylamine groups is 1. The molecule has 2 rings (SSSR count). The SMILES string of the molecule is CCn1cc(CNO)c2ccc(OC)cc21. The topological polar surface area (TPSA) is 46.4 Å². The van der Waals surface area contributed by atoms with Crippen LogP contribution in [0.5, 0.6) is 5.75 Å². The van der Waals surface area contributed by atoms with Crippen LogP contribution in [0.15, 0.2) is 24.4 Å². The number of ether oxygens (including phenoxy) is 1. The van der Waals surface area contributed by atoms with Crippen molar-refractivity contribution in [1.29, 1.82) is 0 Å². The lowest BCUT2D eigenvalue weighted by Gasteiger charge is -2.03. The average molecular weight is 220 g/mol. The van der Waals surface area contributed by atoms with Crippen LogP contribution in [0.3, 0.4) is 0 Å². The fourth-order valence-corrected chi connectivity index (χ4v) is 1.96. The Hall–Kier alpha value is -1.52. The predicted octanol–water partition coefficient (Wildman–Crippen LogP) is 2.15. The molecule has 0 unspecified atom stereocenters. The Bertz CT molecular complexity index is 491. The van der Waals surface area contributed by atoms with Crippen LogP contribution >= 0.6 is 0 Å². The third-order valence-corrected chi connectivity index (χ3v) is 2.78. The molecule has 0 saturated heterocycles. The summed E-state index contributed by atoms with van der Waals surface area (Å²) in [6.07, 6.45) is 2.05. The number of methoxy groups -OCH3 is 1. The van der Waals surface area contributed by atoms with Gasteiger partial charge in [-0.1, -0.05) is 0 Å². The number of nitrogens with one attached hydrogen (secondary N) is 1. The highest BCUT2D eigenvalue weighted by Gasteiger charge is 2.08. The van der Waals surface area contributed by atoms with Gasteiger partial charge in [-0.05, 0) is 24.6 Å². The number of hydrogen-bond acceptors (Lipinski definition) is 3. The zero-order chi connectivity index (χ0) is 11.5. The van der Waals surface area contributed by atoms with Gasteiger partial charge in [0.2, 0.25) is 0 Å². The summed E-state index contributed by atoms with van der Waals surface area (Å²) in [6, 6.07) is 5.97. The van der Waals surface area contributed by atoms with E-state index in [1.165, 1.54) is 0 Å². The van der Waals surface area contributed by atoms with Crippen LogP contribution in [-0.4, -0.2) is 16.9 Å². The lowest BCUT2D eigenvalue weighted by Crippen LogP contribution is -2.05. The zero-order valence-corrected chi connectivity index (χ0v) is 9.53. The van der Waals surface area contributed by atoms with Gasteiger partial charge in [-0.15, -0.1) is 0 Å². The standard InChI is InChI=1S/C12H16N2O2/c1-3-14-8-9(7-13-15)11-5-4-10(16-2)6-12(11)14/h4-6,8,13,15H,3,7H2,1-2H3. The third-order valence-electron chi connectivity index (χ3n) is 2.78. The molecule has 4 nitrogen and oxygen atoms in total. The molecule has 0 aliphatic heterocycles. The molecule has 0 amide bonds. The molecule has 2 N–H and O–H groups in total. The van der Waals surface area contributed by atoms with E-state index in [-0.39, 0.29) is 0 Å². The quantitative estimate of drug-likeness (QED) is 0.776. The summed E-state index contributed by atoms with van der Waals surface area (Å²) < 4.78 is 7.36. The van der Waals surface area contributed by atoms with Gasteiger partial charge in [0.1, 0.15) is 5.75 Å². The molecule has 86 valence electrons. The van der Waals surface area contributed by atoms with Gasteiger partial charge in [-0.3, -0.25) is 0 Å². The van der Waals surface area contributed by atoms with Crippen molar-refractivity contribution in [2.75, 3.05) is 7.11 Å². The fourth-order valence-electron chi connectivity index (χ4n) is 1.96. The Balaban J connectivity index is 2.59. The lowest BCUT2D eigenvalue weighted by molar-refractivity contribution is 0.161. The van der Waals surface area contributed by atoms with Crippen molar-refractivity contribution in [2.24, 2.45) is 0 Å². The van der Waals surface area contributed by atoms with E-state index < -0.39 is 0 Å². The Morgan fingerprint density at radius 3 is 2.88 bits per heavy atom. The summed E-state index contributed by atoms with van der Waals surface area (Å²) in [4.78, 5) is 0. The zero-order valence-electron chi connectivity index (χ0n) is 9.53. The Kier molecular flexibility index (Phi) is 3.12. The van der Waals surface area contributed by atoms with Gasteiger partial charge in [0.25, 0.3) is 0 Å². The van der Waals surface area contributed by atoms with Crippen molar-refractivity contribution in [3.05, 3.63) is 30.0 Å². The molecule has 0 fully saturated rings. The van der Waals surface area contributed by atoms with E-state index >= 15 is 0 Å². The molecular formula is C12H16N2O2. The van der Waals surface area contributed by atoms with Crippen molar-refractivity contribution in [2.45, 2.75) is 20.0 Å². The van der Waals surface area contributed by atoms with Crippen LogP contribution in [0.2, 0.25) is 0 Å². The van der Waals surface area contributed by atoms with Crippen LogP contribution in [0.25, 0.3) is 10.9 Å². The van der Waals surface area contributed by atoms with Gasteiger partial charge < -0.3 is 14.5 Å². The van der Waals surface area contributed by atoms with Crippen molar-refractivity contribution in [3.63, 3.8) is 0 Å². The van der Waals surface area contributed by atoms with Crippen molar-refractivity contribution >= 4 is 10.9 Å². The lowest BCUT2D eigenvalue weighted by atomic mass is 10.2. The molecule has 0 spiro atoms. The minimum Gasteiger partial charge on any atom is -0.497 e. The second kappa shape index (κ2) is 4.55. The van der Waals surface area contributed by atoms with E-state index in [2.05, 4.69) is 17.0 Å². The normalized spacial score (nSPS) is 10.9. The first-order valence-corrected chi connectivity index (χ1v) is 5.32. The molecule has 0 bridgehead atoms. The van der Waals surface area contributed by atoms with Gasteiger partial charge in [0.15, 0.2) is 0 Å². The number of aromatic nitrogens is 1. The van der Waals surface area contributed by atoms with E-state index in [9.17, 15) is 0 Å². The van der Waals surface area contributed by atoms with E-state index in [0.29, 0.717) is 6.54 Å². The highest BCUT2D eigenvalue weighted by molar-refractivity contribution is 5.85. The molecule has 1 heterocycles. The highest BCUT2D eigenvalue weighted by atomic mass is 16.5. The average Bonchev–Trinajstić information content (AvgIpc) is 2.67. The number of rotatable bonds is 4. The van der Waals surface area contributed by atoms with Crippen molar-refractivity contribution < 1.29 is 9.94 Å². The van der Waals surface area contributed by atoms with Crippen LogP contribution in [0.4, 0.5) is 0 Å². The minimum absolute atomic E-state index is 0.454. The van der Waals surface area contributed by atoms with E-state index in [0.717, 1.165) is 28.8 Å². The second-order valence-electron chi connectivity index (χ2n) is 3.66. The Morgan fingerprint density at radius 2 is 2.25 bits per heavy atom. The number of aryl methyl sites for hydroxylation is 1. The molecule has 1 aromatic heterocycles. The molecule has 0 radical (unpaired) electrons. The van der Waals surface area contributed by atoms with E-state index in [1.54, 1.807) is 7.11 Å². The van der Waals surface area contributed by atoms with E-state index in [1.807, 2.05) is 24.4 Å². The summed E-state index contributed by atoms with van der Waals surface area (Å²) in [7, 11) is 1.66. The molecule has 0 atom stereocenters. The molecule has 0 saturated carbocycles. The van der Waals surface area contributed by atoms with Crippen LogP contribution in [0, 0.1) is 0 Å². The first-order valence-electron chi connectivity index (χ1n) is 5.32. The number of hydrogen-bond donors (Lipinski definition) is 2. The maximum atomic E-state index is 8.78. The number of fused-ring (bicyclic) bond motifs is 1. The Morgan fingerprint density at radius 1 is 1.44 bits per heavy atom. The van der Waals surface area contributed by atoms with Crippen LogP contribution < -0.4 is 10.2 Å². The predicted molar refractivity (Wildman–Crippen MR) is 62.8 cm³/mol. The van der Waals surface area contributed by atoms with Gasteiger partial charge in [0, 0.05) is 30.7 Å². The summed E-state index contributed by atoms with van der Waals surface area (Å²) in [5, 5.41) is 9.92. The molecular weight excluding hydrogens is 204 g/mol. The smallest absolute Gasteiger partial charge is 0.120 e. The largest absolute Gasteiger partial charge is 0.497 e. The van der Waals surface area contributed by atoms with Crippen molar-refractivity contribution in [1.82, 2.24) is 10.0 Å². The molecule has 2 aromatic rings. The van der Waals surface area contributed by atoms with E-state index in [4.69, 9.17) is 9.94 Å². The second-order valence-corrected chi connectivity index (χ2v) is 3.66. The monoisotopic (exact) mass is 220 g/mol. The summed E-state index contributed by atoms with van der Waals surface area (Å²) >= 11 is 0. The molecule has 0 aliphatic carbocycles. The van der Waals surface area contributed by atoms with Crippen molar-refractivity contribution in [3.8, 4) is 5.75 Å². The summed E-state index contributed by atoms with van der Waals surface area (Å²) in [5.74, 6) is 0.851. The fraction of sp³-hybridized carbons (Fsp3) is 0.333. The van der Waals surface area contributed by atoms with Gasteiger partial charge >= 0.3 is 0 Å². The number of nitrogens with zero attached hydrogens (tertiary/aromatic N) is 1. The molecule has 4 heteroatoms. The summed E-state index contributed by atoms with van der Waals surface area (Å²) in [5.41, 5.74) is 4.41. The van der Waals surface area contributed by atoms with Crippen LogP contribution in [-0.2, 0) is 13.1 Å². The highest BCUT2D eigenvalue weighted by Crippen LogP contribution is 2.25. The third kappa shape index (κ3) is 1.77. The maximum Gasteiger partial charge on any atom is 0.120 e. The number of benzene rings is 1.